The molecule has 0 spiro atoms. The van der Waals surface area contributed by atoms with Crippen LogP contribution in [0.1, 0.15) is 25.6 Å². The van der Waals surface area contributed by atoms with Gasteiger partial charge in [0.25, 0.3) is 0 Å². The van der Waals surface area contributed by atoms with Gasteiger partial charge in [0.05, 0.1) is 0 Å². The number of nitrogens with one attached hydrogen (secondary N) is 1. The van der Waals surface area contributed by atoms with E-state index in [1.54, 1.807) is 0 Å². The predicted molar refractivity (Wildman–Crippen MR) is 62.8 cm³/mol. The van der Waals surface area contributed by atoms with Crippen LogP contribution >= 0.6 is 0 Å². The molecule has 1 aromatic heterocycles. The largest absolute Gasteiger partial charge is 0.360 e. The Morgan fingerprint density at radius 2 is 2.20 bits per heavy atom. The molecule has 1 aromatic rings. The fourth-order valence-corrected chi connectivity index (χ4v) is 1.33. The molecule has 0 unspecified atom stereocenters. The average molecular weight is 209 g/mol. The van der Waals surface area contributed by atoms with E-state index in [1.807, 2.05) is 20.0 Å². The quantitative estimate of drug-likeness (QED) is 0.565. The highest BCUT2D eigenvalue weighted by Crippen LogP contribution is 2.14. The minimum Gasteiger partial charge on any atom is -0.360 e. The Kier molecular flexibility index (Phi) is 4.30. The second-order valence-corrected chi connectivity index (χ2v) is 3.58. The van der Waals surface area contributed by atoms with Crippen molar-refractivity contribution in [2.45, 2.75) is 26.7 Å². The summed E-state index contributed by atoms with van der Waals surface area (Å²) in [5, 5.41) is 0. The van der Waals surface area contributed by atoms with E-state index in [9.17, 15) is 0 Å². The minimum absolute atomic E-state index is 0.654. The maximum atomic E-state index is 5.33. The van der Waals surface area contributed by atoms with Gasteiger partial charge in [0.2, 0.25) is 0 Å². The number of rotatable bonds is 5. The van der Waals surface area contributed by atoms with Crippen molar-refractivity contribution in [3.8, 4) is 0 Å². The SMILES string of the molecule is CCCCN(C)c1cc(NN)nc(C)n1. The van der Waals surface area contributed by atoms with Gasteiger partial charge in [-0.2, -0.15) is 0 Å². The summed E-state index contributed by atoms with van der Waals surface area (Å²) in [7, 11) is 2.03. The number of aryl methyl sites for hydroxylation is 1. The number of nitrogens with zero attached hydrogens (tertiary/aromatic N) is 3. The lowest BCUT2D eigenvalue weighted by Crippen LogP contribution is -2.21. The molecule has 0 fully saturated rings. The zero-order chi connectivity index (χ0) is 11.3. The van der Waals surface area contributed by atoms with Crippen molar-refractivity contribution in [1.29, 1.82) is 0 Å². The standard InChI is InChI=1S/C10H19N5/c1-4-5-6-15(3)10-7-9(14-11)12-8(2)13-10/h7H,4-6,11H2,1-3H3,(H,12,13,14). The van der Waals surface area contributed by atoms with E-state index >= 15 is 0 Å². The molecule has 0 saturated carbocycles. The van der Waals surface area contributed by atoms with Crippen molar-refractivity contribution >= 4 is 11.6 Å². The number of anilines is 2. The number of nitrogens with two attached hydrogens (primary N) is 1. The van der Waals surface area contributed by atoms with Gasteiger partial charge in [0.1, 0.15) is 17.5 Å². The second-order valence-electron chi connectivity index (χ2n) is 3.58. The molecular formula is C10H19N5. The lowest BCUT2D eigenvalue weighted by Gasteiger charge is -2.18. The highest BCUT2D eigenvalue weighted by Gasteiger charge is 2.05. The number of nitrogen functional groups attached to an aromatic ring is 1. The van der Waals surface area contributed by atoms with Crippen LogP contribution in [0, 0.1) is 6.92 Å². The van der Waals surface area contributed by atoms with E-state index in [1.165, 1.54) is 6.42 Å². The van der Waals surface area contributed by atoms with Gasteiger partial charge >= 0.3 is 0 Å². The molecule has 0 amide bonds. The van der Waals surface area contributed by atoms with E-state index in [-0.39, 0.29) is 0 Å². The van der Waals surface area contributed by atoms with Crippen molar-refractivity contribution in [3.05, 3.63) is 11.9 Å². The number of hydrogen-bond acceptors (Lipinski definition) is 5. The molecule has 1 heterocycles. The molecule has 0 atom stereocenters. The van der Waals surface area contributed by atoms with Gasteiger partial charge in [0.15, 0.2) is 0 Å². The molecule has 3 N–H and O–H groups in total. The summed E-state index contributed by atoms with van der Waals surface area (Å²) in [5.41, 5.74) is 2.54. The lowest BCUT2D eigenvalue weighted by atomic mass is 10.3. The Hall–Kier alpha value is -1.36. The summed E-state index contributed by atoms with van der Waals surface area (Å²) < 4.78 is 0. The van der Waals surface area contributed by atoms with Crippen molar-refractivity contribution in [2.75, 3.05) is 23.9 Å². The molecule has 0 saturated heterocycles. The molecule has 15 heavy (non-hydrogen) atoms. The van der Waals surface area contributed by atoms with Crippen molar-refractivity contribution in [1.82, 2.24) is 9.97 Å². The van der Waals surface area contributed by atoms with Crippen LogP contribution < -0.4 is 16.2 Å². The van der Waals surface area contributed by atoms with Crippen LogP contribution in [-0.4, -0.2) is 23.6 Å². The maximum Gasteiger partial charge on any atom is 0.145 e. The van der Waals surface area contributed by atoms with E-state index in [0.717, 1.165) is 24.6 Å². The van der Waals surface area contributed by atoms with Crippen LogP contribution in [0.5, 0.6) is 0 Å². The fourth-order valence-electron chi connectivity index (χ4n) is 1.33. The van der Waals surface area contributed by atoms with E-state index in [0.29, 0.717) is 5.82 Å². The van der Waals surface area contributed by atoms with Gasteiger partial charge < -0.3 is 10.3 Å². The van der Waals surface area contributed by atoms with Crippen molar-refractivity contribution in [3.63, 3.8) is 0 Å². The molecule has 0 aliphatic rings. The Morgan fingerprint density at radius 3 is 2.80 bits per heavy atom. The number of aromatic nitrogens is 2. The molecule has 0 aromatic carbocycles. The molecule has 0 aliphatic heterocycles. The van der Waals surface area contributed by atoms with Crippen LogP contribution in [0.3, 0.4) is 0 Å². The first-order chi connectivity index (χ1) is 7.17. The van der Waals surface area contributed by atoms with Crippen LogP contribution in [0.4, 0.5) is 11.6 Å². The highest BCUT2D eigenvalue weighted by atomic mass is 15.3. The number of hydrogen-bond donors (Lipinski definition) is 2. The van der Waals surface area contributed by atoms with Crippen LogP contribution in [0.15, 0.2) is 6.07 Å². The third-order valence-electron chi connectivity index (χ3n) is 2.21. The third kappa shape index (κ3) is 3.36. The summed E-state index contributed by atoms with van der Waals surface area (Å²) >= 11 is 0. The Morgan fingerprint density at radius 1 is 1.47 bits per heavy atom. The van der Waals surface area contributed by atoms with E-state index in [4.69, 9.17) is 5.84 Å². The van der Waals surface area contributed by atoms with Gasteiger partial charge in [0, 0.05) is 19.7 Å². The van der Waals surface area contributed by atoms with Crippen molar-refractivity contribution < 1.29 is 0 Å². The van der Waals surface area contributed by atoms with Crippen molar-refractivity contribution in [2.24, 2.45) is 5.84 Å². The van der Waals surface area contributed by atoms with Crippen LogP contribution in [0.25, 0.3) is 0 Å². The van der Waals surface area contributed by atoms with Gasteiger partial charge in [-0.3, -0.25) is 0 Å². The number of hydrazine groups is 1. The molecule has 0 aliphatic carbocycles. The average Bonchev–Trinajstić information content (AvgIpc) is 2.24. The third-order valence-corrected chi connectivity index (χ3v) is 2.21. The first-order valence-electron chi connectivity index (χ1n) is 5.20. The monoisotopic (exact) mass is 209 g/mol. The molecular weight excluding hydrogens is 190 g/mol. The second kappa shape index (κ2) is 5.50. The van der Waals surface area contributed by atoms with Gasteiger partial charge in [-0.05, 0) is 13.3 Å². The summed E-state index contributed by atoms with van der Waals surface area (Å²) in [5.74, 6) is 7.61. The Bertz CT molecular complexity index is 313. The normalized spacial score (nSPS) is 10.1. The molecule has 1 rings (SSSR count). The predicted octanol–water partition coefficient (Wildman–Crippen LogP) is 1.31. The Labute approximate surface area is 90.7 Å². The van der Waals surface area contributed by atoms with Gasteiger partial charge in [-0.1, -0.05) is 13.3 Å². The van der Waals surface area contributed by atoms with E-state index in [2.05, 4.69) is 27.2 Å². The summed E-state index contributed by atoms with van der Waals surface area (Å²) in [6.07, 6.45) is 2.33. The molecule has 84 valence electrons. The lowest BCUT2D eigenvalue weighted by molar-refractivity contribution is 0.756. The minimum atomic E-state index is 0.654. The summed E-state index contributed by atoms with van der Waals surface area (Å²) in [6, 6.07) is 1.85. The van der Waals surface area contributed by atoms with Crippen LogP contribution in [0.2, 0.25) is 0 Å². The van der Waals surface area contributed by atoms with E-state index < -0.39 is 0 Å². The Balaban J connectivity index is 2.78. The fraction of sp³-hybridized carbons (Fsp3) is 0.600. The topological polar surface area (TPSA) is 67.1 Å². The molecule has 0 bridgehead atoms. The van der Waals surface area contributed by atoms with Crippen LogP contribution in [-0.2, 0) is 0 Å². The zero-order valence-corrected chi connectivity index (χ0v) is 9.62. The summed E-state index contributed by atoms with van der Waals surface area (Å²) in [4.78, 5) is 10.6. The molecule has 5 heteroatoms. The first kappa shape index (κ1) is 11.7. The first-order valence-corrected chi connectivity index (χ1v) is 5.20. The number of unbranched alkanes of at least 4 members (excludes halogenated alkanes) is 1. The maximum absolute atomic E-state index is 5.33. The highest BCUT2D eigenvalue weighted by molar-refractivity contribution is 5.48. The van der Waals surface area contributed by atoms with Gasteiger partial charge in [-0.15, -0.1) is 0 Å². The smallest absolute Gasteiger partial charge is 0.145 e. The molecule has 0 radical (unpaired) electrons. The molecule has 5 nitrogen and oxygen atoms in total. The van der Waals surface area contributed by atoms with Gasteiger partial charge in [-0.25, -0.2) is 15.8 Å². The summed E-state index contributed by atoms with van der Waals surface area (Å²) in [6.45, 7) is 5.03. The zero-order valence-electron chi connectivity index (χ0n) is 9.62.